The average molecular weight is 244 g/mol. The number of nitrogens with zero attached hydrogens (tertiary/aromatic N) is 2. The molecule has 92 valence electrons. The van der Waals surface area contributed by atoms with Crippen LogP contribution in [0.4, 0.5) is 4.39 Å². The number of rotatable bonds is 3. The van der Waals surface area contributed by atoms with Crippen molar-refractivity contribution in [3.8, 4) is 0 Å². The number of ketones is 1. The van der Waals surface area contributed by atoms with Gasteiger partial charge in [-0.2, -0.15) is 5.10 Å². The van der Waals surface area contributed by atoms with Crippen LogP contribution in [0.2, 0.25) is 0 Å². The molecule has 0 N–H and O–H groups in total. The Morgan fingerprint density at radius 2 is 2.00 bits per heavy atom. The average Bonchev–Trinajstić information content (AvgIpc) is 2.66. The fraction of sp³-hybridized carbons (Fsp3) is 0.143. The number of benzene rings is 1. The summed E-state index contributed by atoms with van der Waals surface area (Å²) < 4.78 is 14.4. The monoisotopic (exact) mass is 244 g/mol. The molecule has 0 bridgehead atoms. The SMILES string of the molecule is Cc1nn(C)cc1/C=C/C(=O)c1ccc(F)cc1. The first kappa shape index (κ1) is 12.2. The van der Waals surface area contributed by atoms with Crippen molar-refractivity contribution >= 4 is 11.9 Å². The van der Waals surface area contributed by atoms with Crippen LogP contribution < -0.4 is 0 Å². The van der Waals surface area contributed by atoms with Crippen molar-refractivity contribution in [1.29, 1.82) is 0 Å². The van der Waals surface area contributed by atoms with Crippen molar-refractivity contribution in [3.05, 3.63) is 59.2 Å². The van der Waals surface area contributed by atoms with Crippen LogP contribution in [0, 0.1) is 12.7 Å². The topological polar surface area (TPSA) is 34.9 Å². The number of hydrogen-bond acceptors (Lipinski definition) is 2. The third-order valence-electron chi connectivity index (χ3n) is 2.59. The lowest BCUT2D eigenvalue weighted by molar-refractivity contribution is 0.104. The van der Waals surface area contributed by atoms with Crippen molar-refractivity contribution in [2.75, 3.05) is 0 Å². The maximum absolute atomic E-state index is 12.7. The van der Waals surface area contributed by atoms with Gasteiger partial charge in [-0.25, -0.2) is 4.39 Å². The van der Waals surface area contributed by atoms with E-state index in [1.807, 2.05) is 20.2 Å². The fourth-order valence-corrected chi connectivity index (χ4v) is 1.66. The minimum atomic E-state index is -0.348. The Morgan fingerprint density at radius 3 is 2.56 bits per heavy atom. The third kappa shape index (κ3) is 2.71. The van der Waals surface area contributed by atoms with E-state index in [0.29, 0.717) is 5.56 Å². The van der Waals surface area contributed by atoms with Gasteiger partial charge in [-0.15, -0.1) is 0 Å². The van der Waals surface area contributed by atoms with Gasteiger partial charge in [-0.3, -0.25) is 9.48 Å². The maximum atomic E-state index is 12.7. The molecule has 0 atom stereocenters. The molecule has 1 aromatic carbocycles. The molecule has 0 amide bonds. The number of aryl methyl sites for hydroxylation is 2. The number of carbonyl (C=O) groups excluding carboxylic acids is 1. The van der Waals surface area contributed by atoms with Gasteiger partial charge < -0.3 is 0 Å². The summed E-state index contributed by atoms with van der Waals surface area (Å²) in [5.41, 5.74) is 2.22. The van der Waals surface area contributed by atoms with E-state index in [0.717, 1.165) is 11.3 Å². The first-order valence-corrected chi connectivity index (χ1v) is 5.54. The lowest BCUT2D eigenvalue weighted by Gasteiger charge is -1.95. The number of halogens is 1. The Bertz CT molecular complexity index is 597. The molecule has 2 rings (SSSR count). The van der Waals surface area contributed by atoms with Crippen molar-refractivity contribution in [2.45, 2.75) is 6.92 Å². The van der Waals surface area contributed by atoms with E-state index in [2.05, 4.69) is 5.10 Å². The van der Waals surface area contributed by atoms with E-state index in [1.54, 1.807) is 10.8 Å². The fourth-order valence-electron chi connectivity index (χ4n) is 1.66. The second kappa shape index (κ2) is 4.96. The minimum Gasteiger partial charge on any atom is -0.289 e. The van der Waals surface area contributed by atoms with Crippen molar-refractivity contribution in [3.63, 3.8) is 0 Å². The van der Waals surface area contributed by atoms with E-state index in [4.69, 9.17) is 0 Å². The number of carbonyl (C=O) groups is 1. The molecular formula is C14H13FN2O. The molecule has 0 aliphatic carbocycles. The Labute approximate surface area is 105 Å². The van der Waals surface area contributed by atoms with Gasteiger partial charge in [0, 0.05) is 24.4 Å². The van der Waals surface area contributed by atoms with E-state index < -0.39 is 0 Å². The van der Waals surface area contributed by atoms with Crippen LogP contribution in [0.1, 0.15) is 21.6 Å². The largest absolute Gasteiger partial charge is 0.289 e. The van der Waals surface area contributed by atoms with Gasteiger partial charge >= 0.3 is 0 Å². The molecule has 0 saturated heterocycles. The molecule has 1 heterocycles. The van der Waals surface area contributed by atoms with Crippen LogP contribution in [0.25, 0.3) is 6.08 Å². The second-order valence-electron chi connectivity index (χ2n) is 4.05. The van der Waals surface area contributed by atoms with Crippen LogP contribution in [-0.4, -0.2) is 15.6 Å². The zero-order valence-electron chi connectivity index (χ0n) is 10.2. The molecular weight excluding hydrogens is 231 g/mol. The summed E-state index contributed by atoms with van der Waals surface area (Å²) in [4.78, 5) is 11.8. The molecule has 0 unspecified atom stereocenters. The molecule has 3 nitrogen and oxygen atoms in total. The van der Waals surface area contributed by atoms with Crippen LogP contribution in [0.5, 0.6) is 0 Å². The number of hydrogen-bond donors (Lipinski definition) is 0. The lowest BCUT2D eigenvalue weighted by atomic mass is 10.1. The summed E-state index contributed by atoms with van der Waals surface area (Å²) in [6, 6.07) is 5.49. The Balaban J connectivity index is 2.16. The summed E-state index contributed by atoms with van der Waals surface area (Å²) in [5.74, 6) is -0.503. The smallest absolute Gasteiger partial charge is 0.185 e. The van der Waals surface area contributed by atoms with Gasteiger partial charge in [0.25, 0.3) is 0 Å². The predicted octanol–water partition coefficient (Wildman–Crippen LogP) is 2.76. The molecule has 0 fully saturated rings. The summed E-state index contributed by atoms with van der Waals surface area (Å²) in [6.45, 7) is 1.88. The maximum Gasteiger partial charge on any atom is 0.185 e. The summed E-state index contributed by atoms with van der Waals surface area (Å²) in [6.07, 6.45) is 5.02. The summed E-state index contributed by atoms with van der Waals surface area (Å²) >= 11 is 0. The second-order valence-corrected chi connectivity index (χ2v) is 4.05. The molecule has 18 heavy (non-hydrogen) atoms. The highest BCUT2D eigenvalue weighted by atomic mass is 19.1. The molecule has 4 heteroatoms. The van der Waals surface area contributed by atoms with E-state index >= 15 is 0 Å². The lowest BCUT2D eigenvalue weighted by Crippen LogP contribution is -1.93. The summed E-state index contributed by atoms with van der Waals surface area (Å²) in [7, 11) is 1.83. The van der Waals surface area contributed by atoms with Crippen molar-refractivity contribution in [1.82, 2.24) is 9.78 Å². The van der Waals surface area contributed by atoms with Crippen LogP contribution in [0.3, 0.4) is 0 Å². The van der Waals surface area contributed by atoms with Crippen LogP contribution in [0.15, 0.2) is 36.5 Å². The van der Waals surface area contributed by atoms with Gasteiger partial charge in [0.05, 0.1) is 5.69 Å². The Hall–Kier alpha value is -2.23. The van der Waals surface area contributed by atoms with Gasteiger partial charge in [-0.1, -0.05) is 0 Å². The third-order valence-corrected chi connectivity index (χ3v) is 2.59. The number of allylic oxidation sites excluding steroid dienone is 1. The highest BCUT2D eigenvalue weighted by Gasteiger charge is 2.03. The van der Waals surface area contributed by atoms with Crippen molar-refractivity contribution in [2.24, 2.45) is 7.05 Å². The molecule has 0 spiro atoms. The predicted molar refractivity (Wildman–Crippen MR) is 67.7 cm³/mol. The standard InChI is InChI=1S/C14H13FN2O/c1-10-12(9-17(2)16-10)5-8-14(18)11-3-6-13(15)7-4-11/h3-9H,1-2H3/b8-5+. The number of aromatic nitrogens is 2. The normalized spacial score (nSPS) is 11.1. The first-order chi connectivity index (χ1) is 8.56. The van der Waals surface area contributed by atoms with Crippen LogP contribution in [-0.2, 0) is 7.05 Å². The highest BCUT2D eigenvalue weighted by Crippen LogP contribution is 2.09. The van der Waals surface area contributed by atoms with Gasteiger partial charge in [0.2, 0.25) is 0 Å². The molecule has 0 aliphatic heterocycles. The zero-order chi connectivity index (χ0) is 13.1. The first-order valence-electron chi connectivity index (χ1n) is 5.54. The summed E-state index contributed by atoms with van der Waals surface area (Å²) in [5, 5.41) is 4.18. The Kier molecular flexibility index (Phi) is 3.37. The molecule has 2 aromatic rings. The van der Waals surface area contributed by atoms with Crippen LogP contribution >= 0.6 is 0 Å². The van der Waals surface area contributed by atoms with Gasteiger partial charge in [-0.05, 0) is 43.3 Å². The van der Waals surface area contributed by atoms with E-state index in [9.17, 15) is 9.18 Å². The van der Waals surface area contributed by atoms with E-state index in [1.165, 1.54) is 30.3 Å². The van der Waals surface area contributed by atoms with Gasteiger partial charge in [0.15, 0.2) is 5.78 Å². The molecule has 1 aromatic heterocycles. The Morgan fingerprint density at radius 1 is 1.33 bits per heavy atom. The van der Waals surface area contributed by atoms with Crippen molar-refractivity contribution < 1.29 is 9.18 Å². The zero-order valence-corrected chi connectivity index (χ0v) is 10.2. The van der Waals surface area contributed by atoms with E-state index in [-0.39, 0.29) is 11.6 Å². The quantitative estimate of drug-likeness (QED) is 0.614. The molecule has 0 radical (unpaired) electrons. The highest BCUT2D eigenvalue weighted by molar-refractivity contribution is 6.06. The van der Waals surface area contributed by atoms with Gasteiger partial charge in [0.1, 0.15) is 5.82 Å². The molecule has 0 aliphatic rings. The molecule has 0 saturated carbocycles. The minimum absolute atomic E-state index is 0.154.